The Labute approximate surface area is 119 Å². The van der Waals surface area contributed by atoms with Crippen molar-refractivity contribution in [2.75, 3.05) is 30.0 Å². The number of thioether (sulfide) groups is 1. The van der Waals surface area contributed by atoms with Crippen LogP contribution in [-0.2, 0) is 0 Å². The third-order valence-electron chi connectivity index (χ3n) is 3.15. The minimum absolute atomic E-state index is 0.553. The van der Waals surface area contributed by atoms with Crippen LogP contribution in [0.5, 0.6) is 5.75 Å². The minimum Gasteiger partial charge on any atom is -0.493 e. The summed E-state index contributed by atoms with van der Waals surface area (Å²) in [7, 11) is 0. The van der Waals surface area contributed by atoms with Gasteiger partial charge in [-0.05, 0) is 42.4 Å². The Morgan fingerprint density at radius 3 is 3.21 bits per heavy atom. The fourth-order valence-electron chi connectivity index (χ4n) is 2.04. The number of ether oxygens (including phenoxy) is 1. The van der Waals surface area contributed by atoms with Crippen molar-refractivity contribution in [2.24, 2.45) is 5.92 Å². The molecule has 3 nitrogen and oxygen atoms in total. The van der Waals surface area contributed by atoms with E-state index in [0.29, 0.717) is 13.0 Å². The van der Waals surface area contributed by atoms with Crippen molar-refractivity contribution in [1.29, 1.82) is 5.26 Å². The number of nitriles is 1. The molecule has 2 rings (SSSR count). The highest BCUT2D eigenvalue weighted by Gasteiger charge is 2.14. The molecule has 0 amide bonds. The Kier molecular flexibility index (Phi) is 5.90. The van der Waals surface area contributed by atoms with Crippen molar-refractivity contribution in [3.63, 3.8) is 0 Å². The molecule has 0 spiro atoms. The van der Waals surface area contributed by atoms with E-state index in [0.717, 1.165) is 30.3 Å². The summed E-state index contributed by atoms with van der Waals surface area (Å²) in [6.45, 7) is 1.65. The number of hydrogen-bond acceptors (Lipinski definition) is 4. The Morgan fingerprint density at radius 1 is 1.47 bits per heavy atom. The first kappa shape index (κ1) is 14.1. The highest BCUT2D eigenvalue weighted by Crippen LogP contribution is 2.24. The predicted molar refractivity (Wildman–Crippen MR) is 80.7 cm³/mol. The molecule has 4 heteroatoms. The molecular formula is C15H20N2OS. The van der Waals surface area contributed by atoms with Gasteiger partial charge >= 0.3 is 0 Å². The number of rotatable bonds is 7. The lowest BCUT2D eigenvalue weighted by Crippen LogP contribution is -2.13. The van der Waals surface area contributed by atoms with Gasteiger partial charge in [0.15, 0.2) is 0 Å². The summed E-state index contributed by atoms with van der Waals surface area (Å²) >= 11 is 2.05. The number of hydrogen-bond donors (Lipinski definition) is 1. The second kappa shape index (κ2) is 7.96. The molecule has 1 aliphatic rings. The smallest absolute Gasteiger partial charge is 0.121 e. The average molecular weight is 276 g/mol. The molecular weight excluding hydrogens is 256 g/mol. The number of anilines is 1. The van der Waals surface area contributed by atoms with Gasteiger partial charge in [0.2, 0.25) is 0 Å². The zero-order chi connectivity index (χ0) is 13.3. The van der Waals surface area contributed by atoms with E-state index in [4.69, 9.17) is 10.00 Å². The van der Waals surface area contributed by atoms with Gasteiger partial charge in [-0.1, -0.05) is 6.07 Å². The van der Waals surface area contributed by atoms with E-state index in [2.05, 4.69) is 17.5 Å². The summed E-state index contributed by atoms with van der Waals surface area (Å²) in [5.41, 5.74) is 1.12. The lowest BCUT2D eigenvalue weighted by molar-refractivity contribution is 0.313. The van der Waals surface area contributed by atoms with E-state index >= 15 is 0 Å². The molecule has 1 fully saturated rings. The minimum atomic E-state index is 0.553. The normalized spacial score (nSPS) is 17.9. The van der Waals surface area contributed by atoms with Crippen LogP contribution in [0.25, 0.3) is 0 Å². The maximum Gasteiger partial charge on any atom is 0.121 e. The van der Waals surface area contributed by atoms with Gasteiger partial charge in [0, 0.05) is 24.7 Å². The van der Waals surface area contributed by atoms with Gasteiger partial charge in [-0.3, -0.25) is 0 Å². The largest absolute Gasteiger partial charge is 0.493 e. The maximum atomic E-state index is 8.46. The first-order chi connectivity index (χ1) is 9.38. The first-order valence-electron chi connectivity index (χ1n) is 6.80. The molecule has 1 heterocycles. The molecule has 102 valence electrons. The van der Waals surface area contributed by atoms with Crippen LogP contribution in [0.15, 0.2) is 24.3 Å². The fraction of sp³-hybridized carbons (Fsp3) is 0.533. The highest BCUT2D eigenvalue weighted by atomic mass is 32.2. The molecule has 0 saturated carbocycles. The lowest BCUT2D eigenvalue weighted by atomic mass is 10.1. The predicted octanol–water partition coefficient (Wildman–Crippen LogP) is 3.53. The molecule has 0 aliphatic carbocycles. The zero-order valence-electron chi connectivity index (χ0n) is 11.1. The summed E-state index contributed by atoms with van der Waals surface area (Å²) in [5, 5.41) is 11.9. The Morgan fingerprint density at radius 2 is 2.42 bits per heavy atom. The Hall–Kier alpha value is -1.34. The highest BCUT2D eigenvalue weighted by molar-refractivity contribution is 7.99. The summed E-state index contributed by atoms with van der Waals surface area (Å²) in [5.74, 6) is 4.25. The van der Waals surface area contributed by atoms with E-state index in [1.165, 1.54) is 17.9 Å². The summed E-state index contributed by atoms with van der Waals surface area (Å²) in [6, 6.07) is 10.2. The van der Waals surface area contributed by atoms with Gasteiger partial charge in [0.1, 0.15) is 5.75 Å². The van der Waals surface area contributed by atoms with Crippen molar-refractivity contribution in [3.05, 3.63) is 24.3 Å². The molecule has 0 aromatic heterocycles. The van der Waals surface area contributed by atoms with Gasteiger partial charge in [-0.15, -0.1) is 0 Å². The van der Waals surface area contributed by atoms with Crippen molar-refractivity contribution < 1.29 is 4.74 Å². The van der Waals surface area contributed by atoms with E-state index in [1.807, 2.05) is 30.0 Å². The van der Waals surface area contributed by atoms with Crippen LogP contribution in [0.2, 0.25) is 0 Å². The molecule has 0 radical (unpaired) electrons. The monoisotopic (exact) mass is 276 g/mol. The molecule has 0 bridgehead atoms. The van der Waals surface area contributed by atoms with Crippen molar-refractivity contribution in [3.8, 4) is 11.8 Å². The van der Waals surface area contributed by atoms with Crippen LogP contribution in [0.1, 0.15) is 19.3 Å². The maximum absolute atomic E-state index is 8.46. The van der Waals surface area contributed by atoms with Crippen LogP contribution < -0.4 is 10.1 Å². The Balaban J connectivity index is 1.76. The summed E-state index contributed by atoms with van der Waals surface area (Å²) in [6.07, 6.45) is 2.66. The van der Waals surface area contributed by atoms with Crippen molar-refractivity contribution in [1.82, 2.24) is 0 Å². The van der Waals surface area contributed by atoms with Gasteiger partial charge in [0.05, 0.1) is 12.7 Å². The van der Waals surface area contributed by atoms with Gasteiger partial charge in [-0.25, -0.2) is 0 Å². The van der Waals surface area contributed by atoms with E-state index < -0.39 is 0 Å². The number of benzene rings is 1. The lowest BCUT2D eigenvalue weighted by Gasteiger charge is -2.12. The second-order valence-electron chi connectivity index (χ2n) is 4.75. The standard InChI is InChI=1S/C15H20N2OS/c16-7-1-2-8-18-15-5-3-4-14(10-15)17-11-13-6-9-19-12-13/h3-5,10,13,17H,1-2,6,8-9,11-12H2. The third-order valence-corrected chi connectivity index (χ3v) is 4.39. The van der Waals surface area contributed by atoms with E-state index in [-0.39, 0.29) is 0 Å². The van der Waals surface area contributed by atoms with Crippen molar-refractivity contribution >= 4 is 17.4 Å². The molecule has 1 aromatic carbocycles. The van der Waals surface area contributed by atoms with Crippen molar-refractivity contribution in [2.45, 2.75) is 19.3 Å². The SMILES string of the molecule is N#CCCCOc1cccc(NCC2CCSC2)c1. The first-order valence-corrected chi connectivity index (χ1v) is 7.95. The molecule has 1 unspecified atom stereocenters. The van der Waals surface area contributed by atoms with Crippen LogP contribution in [0, 0.1) is 17.2 Å². The third kappa shape index (κ3) is 5.04. The summed E-state index contributed by atoms with van der Waals surface area (Å²) in [4.78, 5) is 0. The van der Waals surface area contributed by atoms with E-state index in [1.54, 1.807) is 0 Å². The quantitative estimate of drug-likeness (QED) is 0.774. The van der Waals surface area contributed by atoms with Crippen LogP contribution in [0.3, 0.4) is 0 Å². The molecule has 1 aliphatic heterocycles. The second-order valence-corrected chi connectivity index (χ2v) is 5.90. The number of nitrogens with one attached hydrogen (secondary N) is 1. The average Bonchev–Trinajstić information content (AvgIpc) is 2.95. The molecule has 1 aromatic rings. The van der Waals surface area contributed by atoms with Gasteiger partial charge < -0.3 is 10.1 Å². The Bertz CT molecular complexity index is 424. The molecule has 1 N–H and O–H groups in total. The zero-order valence-corrected chi connectivity index (χ0v) is 11.9. The van der Waals surface area contributed by atoms with E-state index in [9.17, 15) is 0 Å². The van der Waals surface area contributed by atoms with Crippen LogP contribution in [0.4, 0.5) is 5.69 Å². The van der Waals surface area contributed by atoms with Crippen LogP contribution in [-0.4, -0.2) is 24.7 Å². The molecule has 19 heavy (non-hydrogen) atoms. The molecule has 1 atom stereocenters. The number of unbranched alkanes of at least 4 members (excludes halogenated alkanes) is 1. The summed E-state index contributed by atoms with van der Waals surface area (Å²) < 4.78 is 5.63. The molecule has 1 saturated heterocycles. The fourth-order valence-corrected chi connectivity index (χ4v) is 3.33. The van der Waals surface area contributed by atoms with Gasteiger partial charge in [0.25, 0.3) is 0 Å². The number of nitrogens with zero attached hydrogens (tertiary/aromatic N) is 1. The van der Waals surface area contributed by atoms with Gasteiger partial charge in [-0.2, -0.15) is 17.0 Å². The van der Waals surface area contributed by atoms with Crippen LogP contribution >= 0.6 is 11.8 Å². The topological polar surface area (TPSA) is 45.0 Å².